The lowest BCUT2D eigenvalue weighted by atomic mass is 10.0. The molecule has 2 aromatic carbocycles. The Bertz CT molecular complexity index is 851. The zero-order chi connectivity index (χ0) is 18.4. The number of carbonyl (C=O) groups is 1. The van der Waals surface area contributed by atoms with Gasteiger partial charge < -0.3 is 10.1 Å². The summed E-state index contributed by atoms with van der Waals surface area (Å²) >= 11 is 4.97. The summed E-state index contributed by atoms with van der Waals surface area (Å²) in [4.78, 5) is 16.8. The molecule has 0 fully saturated rings. The highest BCUT2D eigenvalue weighted by Gasteiger charge is 2.14. The number of amides is 1. The normalized spacial score (nSPS) is 11.8. The third-order valence-corrected chi connectivity index (χ3v) is 5.12. The number of carbonyl (C=O) groups excluding carboxylic acids is 1. The predicted molar refractivity (Wildman–Crippen MR) is 108 cm³/mol. The van der Waals surface area contributed by atoms with Gasteiger partial charge in [-0.2, -0.15) is 0 Å². The highest BCUT2D eigenvalue weighted by molar-refractivity contribution is 9.10. The number of nitrogens with zero attached hydrogens (tertiary/aromatic N) is 1. The molecule has 1 heterocycles. The first-order valence-electron chi connectivity index (χ1n) is 8.32. The van der Waals surface area contributed by atoms with Crippen molar-refractivity contribution < 1.29 is 9.53 Å². The van der Waals surface area contributed by atoms with Crippen LogP contribution in [0.2, 0.25) is 0 Å². The third kappa shape index (κ3) is 4.93. The molecule has 1 N–H and O–H groups in total. The summed E-state index contributed by atoms with van der Waals surface area (Å²) in [6.45, 7) is 2.45. The van der Waals surface area contributed by atoms with E-state index in [1.807, 2.05) is 41.8 Å². The maximum absolute atomic E-state index is 12.7. The van der Waals surface area contributed by atoms with Gasteiger partial charge in [-0.05, 0) is 42.3 Å². The number of thiazole rings is 1. The molecular weight excluding hydrogens is 412 g/mol. The lowest BCUT2D eigenvalue weighted by molar-refractivity contribution is 0.0935. The van der Waals surface area contributed by atoms with Crippen molar-refractivity contribution in [2.24, 2.45) is 0 Å². The second-order valence-corrected chi connectivity index (χ2v) is 7.42. The van der Waals surface area contributed by atoms with Crippen LogP contribution < -0.4 is 10.1 Å². The Morgan fingerprint density at radius 2 is 2.08 bits per heavy atom. The van der Waals surface area contributed by atoms with Crippen LogP contribution in [-0.2, 0) is 6.61 Å². The van der Waals surface area contributed by atoms with E-state index in [-0.39, 0.29) is 11.9 Å². The molecule has 1 atom stereocenters. The standard InChI is InChI=1S/C20H19BrN2O2S/c1-2-19(14-6-8-16(21)9-7-14)23-20(24)15-4-3-5-18(10-15)25-11-17-12-26-13-22-17/h3-10,12-13,19H,2,11H2,1H3,(H,23,24). The topological polar surface area (TPSA) is 51.2 Å². The zero-order valence-corrected chi connectivity index (χ0v) is 16.7. The maximum Gasteiger partial charge on any atom is 0.251 e. The van der Waals surface area contributed by atoms with Gasteiger partial charge >= 0.3 is 0 Å². The average molecular weight is 431 g/mol. The van der Waals surface area contributed by atoms with Crippen molar-refractivity contribution >= 4 is 33.2 Å². The van der Waals surface area contributed by atoms with Crippen molar-refractivity contribution in [3.63, 3.8) is 0 Å². The second-order valence-electron chi connectivity index (χ2n) is 5.78. The van der Waals surface area contributed by atoms with Gasteiger partial charge in [0.05, 0.1) is 17.2 Å². The van der Waals surface area contributed by atoms with Crippen LogP contribution in [0.15, 0.2) is 63.9 Å². The minimum Gasteiger partial charge on any atom is -0.487 e. The average Bonchev–Trinajstić information content (AvgIpc) is 3.19. The van der Waals surface area contributed by atoms with Gasteiger partial charge in [0, 0.05) is 15.4 Å². The Balaban J connectivity index is 1.66. The Morgan fingerprint density at radius 1 is 1.27 bits per heavy atom. The van der Waals surface area contributed by atoms with Gasteiger partial charge in [0.25, 0.3) is 5.91 Å². The molecule has 134 valence electrons. The Hall–Kier alpha value is -2.18. The molecule has 0 saturated carbocycles. The lowest BCUT2D eigenvalue weighted by Crippen LogP contribution is -2.28. The molecule has 0 aliphatic rings. The molecule has 0 bridgehead atoms. The van der Waals surface area contributed by atoms with Gasteiger partial charge in [0.2, 0.25) is 0 Å². The number of hydrogen-bond acceptors (Lipinski definition) is 4. The van der Waals surface area contributed by atoms with E-state index in [1.54, 1.807) is 17.6 Å². The number of ether oxygens (including phenoxy) is 1. The van der Waals surface area contributed by atoms with Crippen molar-refractivity contribution in [3.8, 4) is 5.75 Å². The van der Waals surface area contributed by atoms with Crippen LogP contribution in [0.3, 0.4) is 0 Å². The number of aromatic nitrogens is 1. The summed E-state index contributed by atoms with van der Waals surface area (Å²) in [7, 11) is 0. The molecular formula is C20H19BrN2O2S. The van der Waals surface area contributed by atoms with Crippen LogP contribution in [0.25, 0.3) is 0 Å². The van der Waals surface area contributed by atoms with Crippen molar-refractivity contribution in [3.05, 3.63) is 80.7 Å². The van der Waals surface area contributed by atoms with E-state index in [0.717, 1.165) is 22.2 Å². The molecule has 3 rings (SSSR count). The molecule has 3 aromatic rings. The summed E-state index contributed by atoms with van der Waals surface area (Å²) in [6.07, 6.45) is 0.813. The van der Waals surface area contributed by atoms with Crippen molar-refractivity contribution in [2.45, 2.75) is 26.0 Å². The summed E-state index contributed by atoms with van der Waals surface area (Å²) in [5.41, 5.74) is 4.32. The van der Waals surface area contributed by atoms with Gasteiger partial charge in [-0.15, -0.1) is 11.3 Å². The summed E-state index contributed by atoms with van der Waals surface area (Å²) < 4.78 is 6.75. The van der Waals surface area contributed by atoms with Crippen LogP contribution in [0.5, 0.6) is 5.75 Å². The molecule has 0 radical (unpaired) electrons. The minimum atomic E-state index is -0.112. The molecule has 6 heteroatoms. The molecule has 0 aliphatic heterocycles. The first-order valence-corrected chi connectivity index (χ1v) is 10.1. The number of benzene rings is 2. The summed E-state index contributed by atoms with van der Waals surface area (Å²) in [5.74, 6) is 0.543. The fraction of sp³-hybridized carbons (Fsp3) is 0.200. The van der Waals surface area contributed by atoms with Gasteiger partial charge in [0.1, 0.15) is 12.4 Å². The third-order valence-electron chi connectivity index (χ3n) is 3.95. The number of nitrogens with one attached hydrogen (secondary N) is 1. The fourth-order valence-corrected chi connectivity index (χ4v) is 3.36. The van der Waals surface area contributed by atoms with Crippen molar-refractivity contribution in [2.75, 3.05) is 0 Å². The van der Waals surface area contributed by atoms with E-state index in [2.05, 4.69) is 33.2 Å². The molecule has 0 spiro atoms. The SMILES string of the molecule is CCC(NC(=O)c1cccc(OCc2cscn2)c1)c1ccc(Br)cc1. The maximum atomic E-state index is 12.7. The smallest absolute Gasteiger partial charge is 0.251 e. The molecule has 1 unspecified atom stereocenters. The Labute approximate surface area is 165 Å². The first-order chi connectivity index (χ1) is 12.7. The lowest BCUT2D eigenvalue weighted by Gasteiger charge is -2.18. The minimum absolute atomic E-state index is 0.0322. The monoisotopic (exact) mass is 430 g/mol. The number of hydrogen-bond donors (Lipinski definition) is 1. The van der Waals surface area contributed by atoms with E-state index in [4.69, 9.17) is 4.74 Å². The van der Waals surface area contributed by atoms with Gasteiger partial charge in [-0.1, -0.05) is 41.1 Å². The first kappa shape index (κ1) is 18.6. The summed E-state index contributed by atoms with van der Waals surface area (Å²) in [6, 6.07) is 15.2. The molecule has 26 heavy (non-hydrogen) atoms. The van der Waals surface area contributed by atoms with Crippen LogP contribution in [-0.4, -0.2) is 10.9 Å². The molecule has 1 aromatic heterocycles. The molecule has 0 aliphatic carbocycles. The summed E-state index contributed by atoms with van der Waals surface area (Å²) in [5, 5.41) is 5.04. The van der Waals surface area contributed by atoms with E-state index < -0.39 is 0 Å². The van der Waals surface area contributed by atoms with E-state index in [0.29, 0.717) is 17.9 Å². The Kier molecular flexibility index (Phi) is 6.41. The second kappa shape index (κ2) is 8.96. The Morgan fingerprint density at radius 3 is 2.77 bits per heavy atom. The van der Waals surface area contributed by atoms with E-state index in [9.17, 15) is 4.79 Å². The van der Waals surface area contributed by atoms with Gasteiger partial charge in [-0.25, -0.2) is 4.98 Å². The highest BCUT2D eigenvalue weighted by Crippen LogP contribution is 2.21. The quantitative estimate of drug-likeness (QED) is 0.548. The van der Waals surface area contributed by atoms with Gasteiger partial charge in [-0.3, -0.25) is 4.79 Å². The van der Waals surface area contributed by atoms with Crippen LogP contribution >= 0.6 is 27.3 Å². The predicted octanol–water partition coefficient (Wildman–Crippen LogP) is 5.37. The molecule has 0 saturated heterocycles. The fourth-order valence-electron chi connectivity index (χ4n) is 2.55. The number of rotatable bonds is 7. The van der Waals surface area contributed by atoms with Crippen LogP contribution in [0.4, 0.5) is 0 Å². The van der Waals surface area contributed by atoms with E-state index in [1.165, 1.54) is 11.3 Å². The van der Waals surface area contributed by atoms with E-state index >= 15 is 0 Å². The van der Waals surface area contributed by atoms with Crippen LogP contribution in [0, 0.1) is 0 Å². The molecule has 4 nitrogen and oxygen atoms in total. The van der Waals surface area contributed by atoms with Crippen molar-refractivity contribution in [1.29, 1.82) is 0 Å². The largest absolute Gasteiger partial charge is 0.487 e. The highest BCUT2D eigenvalue weighted by atomic mass is 79.9. The van der Waals surface area contributed by atoms with Gasteiger partial charge in [0.15, 0.2) is 0 Å². The molecule has 1 amide bonds. The van der Waals surface area contributed by atoms with Crippen molar-refractivity contribution in [1.82, 2.24) is 10.3 Å². The van der Waals surface area contributed by atoms with Crippen LogP contribution in [0.1, 0.15) is 41.0 Å². The number of halogens is 1. The zero-order valence-electron chi connectivity index (χ0n) is 14.3.